The summed E-state index contributed by atoms with van der Waals surface area (Å²) in [6, 6.07) is 3.16. The van der Waals surface area contributed by atoms with Gasteiger partial charge in [0.1, 0.15) is 0 Å². The highest BCUT2D eigenvalue weighted by Gasteiger charge is 2.10. The van der Waals surface area contributed by atoms with Gasteiger partial charge in [0, 0.05) is 0 Å². The van der Waals surface area contributed by atoms with Crippen molar-refractivity contribution in [3.63, 3.8) is 0 Å². The molecule has 0 aliphatic rings. The van der Waals surface area contributed by atoms with Gasteiger partial charge in [0.25, 0.3) is 0 Å². The molecule has 0 radical (unpaired) electrons. The molecule has 9 nitrogen and oxygen atoms in total. The highest BCUT2D eigenvalue weighted by Crippen LogP contribution is 2.11. The van der Waals surface area contributed by atoms with E-state index in [0.29, 0.717) is 10.7 Å². The van der Waals surface area contributed by atoms with Crippen molar-refractivity contribution in [3.8, 4) is 0 Å². The molecule has 9 heteroatoms. The largest absolute Gasteiger partial charge is 0.478 e. The standard InChI is InChI=1S/C9H8O4.CH6N4O/c1-5-2-3-6(8(10)11)4-7(5)9(12)13;2-1(6)5(3)4/h2-4H,1H3,(H,10,11)(H,12,13);3-4H2,(H2,2,6). The molecule has 0 bridgehead atoms. The number of hydrazine groups is 2. The highest BCUT2D eigenvalue weighted by molar-refractivity contribution is 5.94. The molecule has 0 unspecified atom stereocenters. The lowest BCUT2D eigenvalue weighted by atomic mass is 10.1. The smallest absolute Gasteiger partial charge is 0.343 e. The van der Waals surface area contributed by atoms with Crippen LogP contribution in [0.25, 0.3) is 0 Å². The Balaban J connectivity index is 0.000000459. The summed E-state index contributed by atoms with van der Waals surface area (Å²) in [7, 11) is 0. The molecule has 0 spiro atoms. The van der Waals surface area contributed by atoms with Crippen molar-refractivity contribution in [2.75, 3.05) is 0 Å². The van der Waals surface area contributed by atoms with E-state index in [9.17, 15) is 14.4 Å². The van der Waals surface area contributed by atoms with E-state index in [4.69, 9.17) is 10.2 Å². The number of primary amides is 1. The Morgan fingerprint density at radius 1 is 1.11 bits per heavy atom. The van der Waals surface area contributed by atoms with Crippen molar-refractivity contribution in [1.29, 1.82) is 0 Å². The average Bonchev–Trinajstić information content (AvgIpc) is 2.29. The number of carbonyl (C=O) groups excluding carboxylic acids is 1. The normalized spacial score (nSPS) is 9.00. The fourth-order valence-corrected chi connectivity index (χ4v) is 0.985. The summed E-state index contributed by atoms with van der Waals surface area (Å²) in [5.74, 6) is 6.91. The monoisotopic (exact) mass is 270 g/mol. The van der Waals surface area contributed by atoms with Crippen LogP contribution in [0.2, 0.25) is 0 Å². The van der Waals surface area contributed by atoms with Gasteiger partial charge in [-0.2, -0.15) is 5.12 Å². The van der Waals surface area contributed by atoms with Crippen molar-refractivity contribution in [2.45, 2.75) is 6.92 Å². The Kier molecular flexibility index (Phi) is 5.97. The van der Waals surface area contributed by atoms with E-state index in [0.717, 1.165) is 6.07 Å². The molecule has 1 aromatic carbocycles. The molecule has 0 aliphatic carbocycles. The van der Waals surface area contributed by atoms with Crippen molar-refractivity contribution in [3.05, 3.63) is 34.9 Å². The third-order valence-corrected chi connectivity index (χ3v) is 1.97. The molecule has 0 atom stereocenters. The van der Waals surface area contributed by atoms with Crippen molar-refractivity contribution < 1.29 is 24.6 Å². The molecule has 0 saturated heterocycles. The molecule has 2 amide bonds. The Morgan fingerprint density at radius 2 is 1.58 bits per heavy atom. The van der Waals surface area contributed by atoms with Crippen LogP contribution in [-0.2, 0) is 0 Å². The molecule has 104 valence electrons. The third-order valence-electron chi connectivity index (χ3n) is 1.97. The number of rotatable bonds is 2. The summed E-state index contributed by atoms with van der Waals surface area (Å²) in [6.07, 6.45) is 0. The minimum atomic E-state index is -1.12. The van der Waals surface area contributed by atoms with Crippen molar-refractivity contribution in [2.24, 2.45) is 17.4 Å². The molecule has 1 rings (SSSR count). The Hall–Kier alpha value is -2.65. The minimum absolute atomic E-state index is 0.0111. The summed E-state index contributed by atoms with van der Waals surface area (Å²) < 4.78 is 0. The molecule has 0 fully saturated rings. The van der Waals surface area contributed by atoms with Gasteiger partial charge in [0.2, 0.25) is 0 Å². The van der Waals surface area contributed by atoms with E-state index in [-0.39, 0.29) is 11.1 Å². The first kappa shape index (κ1) is 16.4. The van der Waals surface area contributed by atoms with Crippen LogP contribution in [0.4, 0.5) is 4.79 Å². The summed E-state index contributed by atoms with van der Waals surface area (Å²) >= 11 is 0. The van der Waals surface area contributed by atoms with E-state index in [1.165, 1.54) is 12.1 Å². The van der Waals surface area contributed by atoms with Gasteiger partial charge in [0.15, 0.2) is 0 Å². The second kappa shape index (κ2) is 6.93. The van der Waals surface area contributed by atoms with Crippen LogP contribution in [-0.4, -0.2) is 33.3 Å². The van der Waals surface area contributed by atoms with Crippen molar-refractivity contribution >= 4 is 18.0 Å². The SMILES string of the molecule is Cc1ccc(C(=O)O)cc1C(=O)O.NC(=O)N(N)N. The van der Waals surface area contributed by atoms with Crippen LogP contribution < -0.4 is 17.4 Å². The van der Waals surface area contributed by atoms with Crippen molar-refractivity contribution in [1.82, 2.24) is 5.12 Å². The lowest BCUT2D eigenvalue weighted by Gasteiger charge is -2.01. The number of hydrogen-bond donors (Lipinski definition) is 5. The summed E-state index contributed by atoms with van der Waals surface area (Å²) in [5.41, 5.74) is 5.04. The molecule has 1 aromatic rings. The van der Waals surface area contributed by atoms with Gasteiger partial charge in [-0.1, -0.05) is 6.07 Å². The zero-order chi connectivity index (χ0) is 15.2. The Labute approximate surface area is 108 Å². The van der Waals surface area contributed by atoms with Gasteiger partial charge in [-0.05, 0) is 24.6 Å². The predicted octanol–water partition coefficient (Wildman–Crippen LogP) is -0.494. The fourth-order valence-electron chi connectivity index (χ4n) is 0.985. The maximum absolute atomic E-state index is 10.6. The Bertz CT molecular complexity index is 501. The molecule has 0 aliphatic heterocycles. The fraction of sp³-hybridized carbons (Fsp3) is 0.100. The third kappa shape index (κ3) is 5.48. The predicted molar refractivity (Wildman–Crippen MR) is 64.9 cm³/mol. The van der Waals surface area contributed by atoms with Crippen LogP contribution in [0, 0.1) is 6.92 Å². The topological polar surface area (TPSA) is 173 Å². The number of hydrogen-bond acceptors (Lipinski definition) is 5. The molecule has 0 aromatic heterocycles. The van der Waals surface area contributed by atoms with Gasteiger partial charge < -0.3 is 15.9 Å². The molecular formula is C10H14N4O5. The minimum Gasteiger partial charge on any atom is -0.478 e. The van der Waals surface area contributed by atoms with Gasteiger partial charge in [-0.15, -0.1) is 0 Å². The number of aryl methyl sites for hydroxylation is 1. The van der Waals surface area contributed by atoms with E-state index in [1.54, 1.807) is 6.92 Å². The summed E-state index contributed by atoms with van der Waals surface area (Å²) in [4.78, 5) is 30.7. The quantitative estimate of drug-likeness (QED) is 0.273. The van der Waals surface area contributed by atoms with Crippen LogP contribution in [0.15, 0.2) is 18.2 Å². The van der Waals surface area contributed by atoms with Crippen LogP contribution >= 0.6 is 0 Å². The van der Waals surface area contributed by atoms with Gasteiger partial charge in [-0.25, -0.2) is 26.1 Å². The second-order valence-corrected chi connectivity index (χ2v) is 3.39. The number of carboxylic acids is 2. The molecule has 0 heterocycles. The van der Waals surface area contributed by atoms with Crippen LogP contribution in [0.5, 0.6) is 0 Å². The number of aromatic carboxylic acids is 2. The second-order valence-electron chi connectivity index (χ2n) is 3.39. The van der Waals surface area contributed by atoms with Crippen LogP contribution in [0.1, 0.15) is 26.3 Å². The van der Waals surface area contributed by atoms with Gasteiger partial charge in [-0.3, -0.25) is 0 Å². The van der Waals surface area contributed by atoms with E-state index in [2.05, 4.69) is 17.4 Å². The van der Waals surface area contributed by atoms with E-state index >= 15 is 0 Å². The number of carboxylic acid groups (broad SMARTS) is 2. The Morgan fingerprint density at radius 3 is 1.89 bits per heavy atom. The van der Waals surface area contributed by atoms with Gasteiger partial charge in [0.05, 0.1) is 11.1 Å². The van der Waals surface area contributed by atoms with E-state index in [1.807, 2.05) is 0 Å². The number of nitrogens with two attached hydrogens (primary N) is 3. The van der Waals surface area contributed by atoms with Gasteiger partial charge >= 0.3 is 18.0 Å². The summed E-state index contributed by atoms with van der Waals surface area (Å²) in [6.45, 7) is 1.62. The zero-order valence-electron chi connectivity index (χ0n) is 10.0. The van der Waals surface area contributed by atoms with E-state index < -0.39 is 18.0 Å². The number of benzene rings is 1. The zero-order valence-corrected chi connectivity index (χ0v) is 10.0. The first-order chi connectivity index (χ1) is 8.66. The summed E-state index contributed by atoms with van der Waals surface area (Å²) in [5, 5.41) is 17.6. The first-order valence-electron chi connectivity index (χ1n) is 4.83. The number of nitrogens with zero attached hydrogens (tertiary/aromatic N) is 1. The maximum atomic E-state index is 10.6. The molecule has 19 heavy (non-hydrogen) atoms. The first-order valence-corrected chi connectivity index (χ1v) is 4.83. The van der Waals surface area contributed by atoms with Crippen LogP contribution in [0.3, 0.4) is 0 Å². The maximum Gasteiger partial charge on any atom is 0.343 e. The lowest BCUT2D eigenvalue weighted by Crippen LogP contribution is -2.46. The number of carbonyl (C=O) groups is 3. The lowest BCUT2D eigenvalue weighted by molar-refractivity contribution is 0.0695. The highest BCUT2D eigenvalue weighted by atomic mass is 16.4. The molecule has 0 saturated carbocycles. The number of urea groups is 1. The number of amides is 2. The molecule has 8 N–H and O–H groups in total. The average molecular weight is 270 g/mol. The molecular weight excluding hydrogens is 256 g/mol.